The van der Waals surface area contributed by atoms with Crippen LogP contribution >= 0.6 is 0 Å². The quantitative estimate of drug-likeness (QED) is 0.908. The van der Waals surface area contributed by atoms with E-state index in [1.54, 1.807) is 6.20 Å². The lowest BCUT2D eigenvalue weighted by molar-refractivity contribution is 0.589. The van der Waals surface area contributed by atoms with Crippen molar-refractivity contribution in [2.75, 3.05) is 0 Å². The Morgan fingerprint density at radius 1 is 1.11 bits per heavy atom. The van der Waals surface area contributed by atoms with Crippen LogP contribution in [0.1, 0.15) is 43.5 Å². The number of aromatic nitrogens is 1. The first-order chi connectivity index (χ1) is 8.97. The Kier molecular flexibility index (Phi) is 4.01. The molecule has 2 heteroatoms. The molecule has 0 spiro atoms. The third-order valence-electron chi connectivity index (χ3n) is 3.38. The van der Waals surface area contributed by atoms with Crippen molar-refractivity contribution in [3.63, 3.8) is 0 Å². The fraction of sp³-hybridized carbons (Fsp3) is 0.353. The summed E-state index contributed by atoms with van der Waals surface area (Å²) >= 11 is 0. The van der Waals surface area contributed by atoms with Crippen LogP contribution in [0.2, 0.25) is 0 Å². The summed E-state index contributed by atoms with van der Waals surface area (Å²) < 4.78 is 0. The van der Waals surface area contributed by atoms with Gasteiger partial charge in [0.2, 0.25) is 0 Å². The Morgan fingerprint density at radius 3 is 2.32 bits per heavy atom. The molecule has 1 heterocycles. The standard InChI is InChI=1S/C17H22N2/c1-17(2,3)15-8-6-14(7-9-15)16(18)11-13-5-4-10-19-12-13/h4-10,12,16H,11,18H2,1-3H3. The smallest absolute Gasteiger partial charge is 0.0336 e. The van der Waals surface area contributed by atoms with Crippen LogP contribution in [0, 0.1) is 0 Å². The molecule has 1 aromatic carbocycles. The average Bonchev–Trinajstić information content (AvgIpc) is 2.39. The molecule has 0 aliphatic heterocycles. The fourth-order valence-corrected chi connectivity index (χ4v) is 2.12. The Hall–Kier alpha value is -1.67. The molecule has 0 bridgehead atoms. The average molecular weight is 254 g/mol. The van der Waals surface area contributed by atoms with Gasteiger partial charge in [0, 0.05) is 18.4 Å². The number of nitrogens with zero attached hydrogens (tertiary/aromatic N) is 1. The number of benzene rings is 1. The monoisotopic (exact) mass is 254 g/mol. The highest BCUT2D eigenvalue weighted by atomic mass is 14.6. The van der Waals surface area contributed by atoms with Crippen LogP contribution in [0.5, 0.6) is 0 Å². The Labute approximate surface area is 115 Å². The van der Waals surface area contributed by atoms with Crippen molar-refractivity contribution in [1.29, 1.82) is 0 Å². The van der Waals surface area contributed by atoms with Crippen LogP contribution in [-0.2, 0) is 11.8 Å². The maximum absolute atomic E-state index is 6.26. The van der Waals surface area contributed by atoms with Gasteiger partial charge in [-0.2, -0.15) is 0 Å². The van der Waals surface area contributed by atoms with Crippen molar-refractivity contribution in [1.82, 2.24) is 4.98 Å². The number of hydrogen-bond acceptors (Lipinski definition) is 2. The lowest BCUT2D eigenvalue weighted by atomic mass is 9.86. The van der Waals surface area contributed by atoms with E-state index in [0.29, 0.717) is 0 Å². The summed E-state index contributed by atoms with van der Waals surface area (Å²) in [7, 11) is 0. The molecule has 19 heavy (non-hydrogen) atoms. The van der Waals surface area contributed by atoms with E-state index < -0.39 is 0 Å². The normalized spacial score (nSPS) is 13.3. The van der Waals surface area contributed by atoms with Crippen molar-refractivity contribution >= 4 is 0 Å². The summed E-state index contributed by atoms with van der Waals surface area (Å²) in [5.74, 6) is 0. The fourth-order valence-electron chi connectivity index (χ4n) is 2.12. The topological polar surface area (TPSA) is 38.9 Å². The minimum atomic E-state index is 0.0261. The largest absolute Gasteiger partial charge is 0.324 e. The Bertz CT molecular complexity index is 509. The van der Waals surface area contributed by atoms with Crippen molar-refractivity contribution in [2.45, 2.75) is 38.6 Å². The predicted octanol–water partition coefficient (Wildman–Crippen LogP) is 3.62. The van der Waals surface area contributed by atoms with Crippen LogP contribution in [0.25, 0.3) is 0 Å². The van der Waals surface area contributed by atoms with Gasteiger partial charge in [-0.15, -0.1) is 0 Å². The van der Waals surface area contributed by atoms with E-state index in [2.05, 4.69) is 56.1 Å². The first-order valence-electron chi connectivity index (χ1n) is 6.72. The van der Waals surface area contributed by atoms with E-state index in [1.165, 1.54) is 16.7 Å². The number of nitrogens with two attached hydrogens (primary N) is 1. The molecule has 1 unspecified atom stereocenters. The minimum absolute atomic E-state index is 0.0261. The van der Waals surface area contributed by atoms with Gasteiger partial charge < -0.3 is 5.73 Å². The molecule has 0 radical (unpaired) electrons. The molecular formula is C17H22N2. The van der Waals surface area contributed by atoms with Crippen molar-refractivity contribution in [3.8, 4) is 0 Å². The van der Waals surface area contributed by atoms with Crippen molar-refractivity contribution in [2.24, 2.45) is 5.73 Å². The zero-order valence-corrected chi connectivity index (χ0v) is 11.9. The van der Waals surface area contributed by atoms with E-state index in [0.717, 1.165) is 6.42 Å². The number of hydrogen-bond donors (Lipinski definition) is 1. The lowest BCUT2D eigenvalue weighted by Gasteiger charge is -2.20. The molecule has 1 aromatic heterocycles. The zero-order chi connectivity index (χ0) is 13.9. The first-order valence-corrected chi connectivity index (χ1v) is 6.72. The van der Waals surface area contributed by atoms with Gasteiger partial charge in [-0.1, -0.05) is 51.1 Å². The van der Waals surface area contributed by atoms with E-state index in [1.807, 2.05) is 12.3 Å². The molecule has 2 N–H and O–H groups in total. The van der Waals surface area contributed by atoms with E-state index in [9.17, 15) is 0 Å². The van der Waals surface area contributed by atoms with Crippen LogP contribution in [0.15, 0.2) is 48.8 Å². The van der Waals surface area contributed by atoms with Gasteiger partial charge in [0.1, 0.15) is 0 Å². The zero-order valence-electron chi connectivity index (χ0n) is 11.9. The number of rotatable bonds is 3. The second-order valence-corrected chi connectivity index (χ2v) is 6.04. The third kappa shape index (κ3) is 3.65. The van der Waals surface area contributed by atoms with E-state index in [-0.39, 0.29) is 11.5 Å². The summed E-state index contributed by atoms with van der Waals surface area (Å²) in [6.45, 7) is 6.66. The first kappa shape index (κ1) is 13.8. The van der Waals surface area contributed by atoms with Gasteiger partial charge in [-0.25, -0.2) is 0 Å². The molecule has 2 rings (SSSR count). The molecule has 0 amide bonds. The molecule has 0 aliphatic rings. The van der Waals surface area contributed by atoms with Gasteiger partial charge in [-0.05, 0) is 34.6 Å². The highest BCUT2D eigenvalue weighted by molar-refractivity contribution is 5.30. The van der Waals surface area contributed by atoms with Gasteiger partial charge in [0.25, 0.3) is 0 Å². The van der Waals surface area contributed by atoms with Gasteiger partial charge in [-0.3, -0.25) is 4.98 Å². The van der Waals surface area contributed by atoms with Crippen LogP contribution < -0.4 is 5.73 Å². The molecule has 0 fully saturated rings. The highest BCUT2D eigenvalue weighted by Gasteiger charge is 2.14. The minimum Gasteiger partial charge on any atom is -0.324 e. The molecule has 100 valence electrons. The summed E-state index contributed by atoms with van der Waals surface area (Å²) in [5, 5.41) is 0. The predicted molar refractivity (Wildman–Crippen MR) is 80.0 cm³/mol. The third-order valence-corrected chi connectivity index (χ3v) is 3.38. The molecule has 0 saturated heterocycles. The SMILES string of the molecule is CC(C)(C)c1ccc(C(N)Cc2cccnc2)cc1. The van der Waals surface area contributed by atoms with Gasteiger partial charge >= 0.3 is 0 Å². The van der Waals surface area contributed by atoms with Gasteiger partial charge in [0.15, 0.2) is 0 Å². The summed E-state index contributed by atoms with van der Waals surface area (Å²) in [6.07, 6.45) is 4.49. The second kappa shape index (κ2) is 5.54. The van der Waals surface area contributed by atoms with E-state index in [4.69, 9.17) is 5.73 Å². The lowest BCUT2D eigenvalue weighted by Crippen LogP contribution is -2.15. The maximum atomic E-state index is 6.26. The summed E-state index contributed by atoms with van der Waals surface area (Å²) in [5.41, 5.74) is 10.1. The molecule has 2 aromatic rings. The molecule has 1 atom stereocenters. The van der Waals surface area contributed by atoms with Crippen molar-refractivity contribution < 1.29 is 0 Å². The van der Waals surface area contributed by atoms with Crippen molar-refractivity contribution in [3.05, 3.63) is 65.5 Å². The highest BCUT2D eigenvalue weighted by Crippen LogP contribution is 2.24. The van der Waals surface area contributed by atoms with Gasteiger partial charge in [0.05, 0.1) is 0 Å². The second-order valence-electron chi connectivity index (χ2n) is 6.04. The summed E-state index contributed by atoms with van der Waals surface area (Å²) in [6, 6.07) is 12.7. The Morgan fingerprint density at radius 2 is 1.79 bits per heavy atom. The van der Waals surface area contributed by atoms with Crippen LogP contribution in [-0.4, -0.2) is 4.98 Å². The molecular weight excluding hydrogens is 232 g/mol. The molecule has 2 nitrogen and oxygen atoms in total. The van der Waals surface area contributed by atoms with E-state index >= 15 is 0 Å². The summed E-state index contributed by atoms with van der Waals surface area (Å²) in [4.78, 5) is 4.12. The molecule has 0 saturated carbocycles. The van der Waals surface area contributed by atoms with Crippen LogP contribution in [0.4, 0.5) is 0 Å². The Balaban J connectivity index is 2.10. The molecule has 0 aliphatic carbocycles. The van der Waals surface area contributed by atoms with Crippen LogP contribution in [0.3, 0.4) is 0 Å². The maximum Gasteiger partial charge on any atom is 0.0336 e. The number of pyridine rings is 1.